The van der Waals surface area contributed by atoms with E-state index in [1.54, 1.807) is 0 Å². The van der Waals surface area contributed by atoms with E-state index in [9.17, 15) is 0 Å². The summed E-state index contributed by atoms with van der Waals surface area (Å²) in [6, 6.07) is 56.1. The molecule has 9 aromatic rings. The molecule has 2 aromatic heterocycles. The minimum atomic E-state index is -0.409. The second kappa shape index (κ2) is 12.8. The fraction of sp³-hybridized carbons (Fsp3) is 0.0588. The molecule has 0 radical (unpaired) electrons. The second-order valence-corrected chi connectivity index (χ2v) is 15.9. The first-order valence-electron chi connectivity index (χ1n) is 19.4. The fourth-order valence-electron chi connectivity index (χ4n) is 9.13. The molecule has 6 heteroatoms. The smallest absolute Gasteiger partial charge is 0.171 e. The number of furan rings is 1. The SMILES string of the molecule is C1=CC2c3ccccc3N(c3cccc4oc5ccc(-c6cccc7sc8c(C9N=C(c%10ccccc%10)NC(c%10ccccc%10)=N9)cccc8c67)cc5c34)C2C=C1. The maximum atomic E-state index is 6.59. The molecule has 0 saturated heterocycles. The van der Waals surface area contributed by atoms with Gasteiger partial charge in [0.1, 0.15) is 22.8 Å². The van der Waals surface area contributed by atoms with Crippen LogP contribution in [0.15, 0.2) is 196 Å². The lowest BCUT2D eigenvalue weighted by Crippen LogP contribution is -2.36. The molecule has 1 aliphatic carbocycles. The highest BCUT2D eigenvalue weighted by molar-refractivity contribution is 7.26. The van der Waals surface area contributed by atoms with Gasteiger partial charge in [-0.05, 0) is 53.1 Å². The summed E-state index contributed by atoms with van der Waals surface area (Å²) < 4.78 is 9.02. The van der Waals surface area contributed by atoms with Crippen molar-refractivity contribution in [2.45, 2.75) is 18.1 Å². The number of thiophene rings is 1. The quantitative estimate of drug-likeness (QED) is 0.191. The molecule has 4 heterocycles. The topological polar surface area (TPSA) is 53.1 Å². The van der Waals surface area contributed by atoms with Gasteiger partial charge in [-0.2, -0.15) is 0 Å². The number of rotatable bonds is 5. The fourth-order valence-corrected chi connectivity index (χ4v) is 10.4. The zero-order chi connectivity index (χ0) is 37.5. The predicted molar refractivity (Wildman–Crippen MR) is 237 cm³/mol. The molecule has 57 heavy (non-hydrogen) atoms. The van der Waals surface area contributed by atoms with Crippen molar-refractivity contribution in [1.82, 2.24) is 5.32 Å². The monoisotopic (exact) mass is 750 g/mol. The number of para-hydroxylation sites is 1. The molecule has 3 aliphatic rings. The van der Waals surface area contributed by atoms with E-state index in [1.807, 2.05) is 47.7 Å². The number of benzene rings is 7. The zero-order valence-corrected chi connectivity index (χ0v) is 31.5. The average Bonchev–Trinajstić information content (AvgIpc) is 3.96. The van der Waals surface area contributed by atoms with Crippen molar-refractivity contribution >= 4 is 76.5 Å². The largest absolute Gasteiger partial charge is 0.456 e. The number of hydrogen-bond acceptors (Lipinski definition) is 6. The Kier molecular flexibility index (Phi) is 7.22. The van der Waals surface area contributed by atoms with Crippen LogP contribution in [-0.4, -0.2) is 17.7 Å². The van der Waals surface area contributed by atoms with E-state index >= 15 is 0 Å². The summed E-state index contributed by atoms with van der Waals surface area (Å²) >= 11 is 1.82. The third kappa shape index (κ3) is 5.07. The molecule has 0 amide bonds. The van der Waals surface area contributed by atoms with Gasteiger partial charge in [-0.1, -0.05) is 146 Å². The van der Waals surface area contributed by atoms with Gasteiger partial charge in [-0.3, -0.25) is 0 Å². The number of hydrogen-bond donors (Lipinski definition) is 1. The Morgan fingerprint density at radius 2 is 1.25 bits per heavy atom. The van der Waals surface area contributed by atoms with Crippen LogP contribution in [0.2, 0.25) is 0 Å². The first kappa shape index (κ1) is 32.2. The Hall–Kier alpha value is -7.02. The third-order valence-electron chi connectivity index (χ3n) is 11.7. The van der Waals surface area contributed by atoms with E-state index in [4.69, 9.17) is 14.4 Å². The zero-order valence-electron chi connectivity index (χ0n) is 30.7. The highest BCUT2D eigenvalue weighted by atomic mass is 32.1. The summed E-state index contributed by atoms with van der Waals surface area (Å²) in [4.78, 5) is 13.0. The normalized spacial score (nSPS) is 17.6. The van der Waals surface area contributed by atoms with Gasteiger partial charge in [-0.15, -0.1) is 11.3 Å². The predicted octanol–water partition coefficient (Wildman–Crippen LogP) is 12.8. The van der Waals surface area contributed by atoms with Crippen molar-refractivity contribution in [1.29, 1.82) is 0 Å². The van der Waals surface area contributed by atoms with Gasteiger partial charge in [0, 0.05) is 53.9 Å². The van der Waals surface area contributed by atoms with Gasteiger partial charge in [0.05, 0.1) is 17.1 Å². The molecule has 0 fully saturated rings. The van der Waals surface area contributed by atoms with Gasteiger partial charge in [0.25, 0.3) is 0 Å². The van der Waals surface area contributed by atoms with Crippen LogP contribution < -0.4 is 10.2 Å². The van der Waals surface area contributed by atoms with Crippen LogP contribution in [-0.2, 0) is 0 Å². The lowest BCUT2D eigenvalue weighted by atomic mass is 9.91. The van der Waals surface area contributed by atoms with Crippen molar-refractivity contribution in [3.8, 4) is 11.1 Å². The minimum absolute atomic E-state index is 0.201. The molecule has 2 unspecified atom stereocenters. The maximum absolute atomic E-state index is 6.59. The second-order valence-electron chi connectivity index (χ2n) is 14.9. The van der Waals surface area contributed by atoms with E-state index in [1.165, 1.54) is 42.7 Å². The molecule has 0 bridgehead atoms. The van der Waals surface area contributed by atoms with Crippen LogP contribution in [0.3, 0.4) is 0 Å². The Morgan fingerprint density at radius 1 is 0.544 bits per heavy atom. The van der Waals surface area contributed by atoms with Crippen molar-refractivity contribution in [2.75, 3.05) is 4.90 Å². The lowest BCUT2D eigenvalue weighted by molar-refractivity contribution is 0.668. The van der Waals surface area contributed by atoms with Gasteiger partial charge >= 0.3 is 0 Å². The van der Waals surface area contributed by atoms with Gasteiger partial charge in [0.15, 0.2) is 6.17 Å². The van der Waals surface area contributed by atoms with Crippen LogP contribution >= 0.6 is 11.3 Å². The average molecular weight is 751 g/mol. The van der Waals surface area contributed by atoms with E-state index in [2.05, 4.69) is 156 Å². The summed E-state index contributed by atoms with van der Waals surface area (Å²) in [5.74, 6) is 1.94. The number of fused-ring (bicyclic) bond motifs is 9. The number of aliphatic imine (C=N–C) groups is 2. The highest BCUT2D eigenvalue weighted by Gasteiger charge is 2.38. The highest BCUT2D eigenvalue weighted by Crippen LogP contribution is 2.51. The van der Waals surface area contributed by atoms with Crippen LogP contribution in [0.5, 0.6) is 0 Å². The van der Waals surface area contributed by atoms with Crippen LogP contribution in [0, 0.1) is 0 Å². The summed E-state index contributed by atoms with van der Waals surface area (Å²) in [7, 11) is 0. The van der Waals surface area contributed by atoms with Crippen LogP contribution in [0.1, 0.15) is 34.3 Å². The summed E-state index contributed by atoms with van der Waals surface area (Å²) in [6.45, 7) is 0. The molecule has 2 aliphatic heterocycles. The Labute approximate surface area is 333 Å². The molecular formula is C51H34N4OS. The van der Waals surface area contributed by atoms with Crippen molar-refractivity contribution < 1.29 is 4.42 Å². The Bertz CT molecular complexity index is 3130. The van der Waals surface area contributed by atoms with E-state index in [0.717, 1.165) is 55.9 Å². The molecule has 7 aromatic carbocycles. The van der Waals surface area contributed by atoms with E-state index in [0.29, 0.717) is 5.92 Å². The van der Waals surface area contributed by atoms with E-state index in [-0.39, 0.29) is 6.04 Å². The van der Waals surface area contributed by atoms with Gasteiger partial charge < -0.3 is 14.6 Å². The number of allylic oxidation sites excluding steroid dienone is 2. The van der Waals surface area contributed by atoms with Crippen molar-refractivity contribution in [3.05, 3.63) is 204 Å². The summed E-state index contributed by atoms with van der Waals surface area (Å²) in [6.07, 6.45) is 8.61. The van der Waals surface area contributed by atoms with Crippen molar-refractivity contribution in [3.63, 3.8) is 0 Å². The van der Waals surface area contributed by atoms with Gasteiger partial charge in [-0.25, -0.2) is 9.98 Å². The van der Waals surface area contributed by atoms with Gasteiger partial charge in [0.2, 0.25) is 0 Å². The molecule has 2 atom stereocenters. The molecule has 5 nitrogen and oxygen atoms in total. The third-order valence-corrected chi connectivity index (χ3v) is 12.9. The van der Waals surface area contributed by atoms with Crippen LogP contribution in [0.4, 0.5) is 11.4 Å². The van der Waals surface area contributed by atoms with E-state index < -0.39 is 6.17 Å². The molecule has 1 N–H and O–H groups in total. The number of amidine groups is 2. The number of nitrogens with zero attached hydrogens (tertiary/aromatic N) is 3. The minimum Gasteiger partial charge on any atom is -0.456 e. The molecule has 270 valence electrons. The maximum Gasteiger partial charge on any atom is 0.171 e. The summed E-state index contributed by atoms with van der Waals surface area (Å²) in [5, 5.41) is 8.26. The van der Waals surface area contributed by atoms with Crippen molar-refractivity contribution in [2.24, 2.45) is 9.98 Å². The summed E-state index contributed by atoms with van der Waals surface area (Å²) in [5.41, 5.74) is 11.1. The standard InChI is InChI=1S/C51H34N4OS/c1-3-14-31(15-4-1)49-52-50(32-16-5-2-6-17-32)54-51(53-49)38-22-11-21-37-46-34(20-12-27-45(46)57-48(37)38)33-28-29-43-39(30-33)47-42(25-13-26-44(47)56-43)55-40-23-9-7-18-35(40)36-19-8-10-24-41(36)55/h1-30,35,40,51H,(H,52,53,54). The molecule has 12 rings (SSSR count). The van der Waals surface area contributed by atoms with Crippen LogP contribution in [0.25, 0.3) is 53.2 Å². The number of nitrogens with one attached hydrogen (secondary N) is 1. The Morgan fingerprint density at radius 3 is 2.07 bits per heavy atom. The first-order valence-corrected chi connectivity index (χ1v) is 20.2. The molecule has 0 saturated carbocycles. The Balaban J connectivity index is 1.02. The first-order chi connectivity index (χ1) is 28.3. The number of anilines is 2. The molecule has 0 spiro atoms. The lowest BCUT2D eigenvalue weighted by Gasteiger charge is -2.29. The molecular weight excluding hydrogens is 717 g/mol.